The van der Waals surface area contributed by atoms with E-state index >= 15 is 0 Å². The molecule has 3 aromatic heterocycles. The molecule has 7 nitrogen and oxygen atoms in total. The summed E-state index contributed by atoms with van der Waals surface area (Å²) < 4.78 is 7.65. The molecule has 0 amide bonds. The van der Waals surface area contributed by atoms with Crippen LogP contribution >= 0.6 is 0 Å². The van der Waals surface area contributed by atoms with Gasteiger partial charge >= 0.3 is 0 Å². The van der Waals surface area contributed by atoms with Gasteiger partial charge in [0.25, 0.3) is 0 Å². The van der Waals surface area contributed by atoms with Crippen LogP contribution in [0.25, 0.3) is 39.1 Å². The number of morpholine rings is 1. The van der Waals surface area contributed by atoms with E-state index in [2.05, 4.69) is 63.8 Å². The summed E-state index contributed by atoms with van der Waals surface area (Å²) in [7, 11) is 0. The number of aromatic nitrogens is 5. The Kier molecular flexibility index (Phi) is 4.21. The Labute approximate surface area is 179 Å². The van der Waals surface area contributed by atoms with E-state index < -0.39 is 0 Å². The maximum Gasteiger partial charge on any atom is 0.239 e. The second kappa shape index (κ2) is 7.21. The maximum atomic E-state index is 5.54. The highest BCUT2D eigenvalue weighted by Gasteiger charge is 2.20. The van der Waals surface area contributed by atoms with Crippen LogP contribution in [0, 0.1) is 6.92 Å². The Balaban J connectivity index is 1.60. The first-order valence-corrected chi connectivity index (χ1v) is 10.5. The van der Waals surface area contributed by atoms with E-state index in [1.807, 2.05) is 18.3 Å². The average Bonchev–Trinajstić information content (AvgIpc) is 3.42. The Bertz CT molecular complexity index is 1400. The number of nitrogens with zero attached hydrogens (tertiary/aromatic N) is 5. The fraction of sp³-hybridized carbons (Fsp3) is 0.208. The summed E-state index contributed by atoms with van der Waals surface area (Å²) in [6.07, 6.45) is 1.95. The zero-order valence-corrected chi connectivity index (χ0v) is 17.2. The van der Waals surface area contributed by atoms with Crippen molar-refractivity contribution in [1.82, 2.24) is 24.5 Å². The van der Waals surface area contributed by atoms with Crippen LogP contribution in [0.15, 0.2) is 60.8 Å². The van der Waals surface area contributed by atoms with Crippen molar-refractivity contribution in [3.8, 4) is 17.3 Å². The van der Waals surface area contributed by atoms with Crippen LogP contribution in [0.2, 0.25) is 0 Å². The van der Waals surface area contributed by atoms with E-state index in [0.717, 1.165) is 40.8 Å². The van der Waals surface area contributed by atoms with E-state index in [1.165, 1.54) is 5.39 Å². The SMILES string of the molecule is Cc1cc2ccccc2n1-c1nc(-c2cccc3[nH]ccc23)nc(N2CCOCC2)n1. The normalized spacial score (nSPS) is 14.5. The average molecular weight is 410 g/mol. The third-order valence-corrected chi connectivity index (χ3v) is 5.84. The molecule has 2 aromatic carbocycles. The van der Waals surface area contributed by atoms with Crippen molar-refractivity contribution in [3.63, 3.8) is 0 Å². The van der Waals surface area contributed by atoms with Crippen LogP contribution in [0.4, 0.5) is 5.95 Å². The Morgan fingerprint density at radius 1 is 0.903 bits per heavy atom. The highest BCUT2D eigenvalue weighted by atomic mass is 16.5. The molecule has 0 aliphatic carbocycles. The molecule has 1 aliphatic heterocycles. The van der Waals surface area contributed by atoms with Crippen LogP contribution in [0.5, 0.6) is 0 Å². The number of benzene rings is 2. The number of H-pyrrole nitrogens is 1. The molecular formula is C24H22N6O. The van der Waals surface area contributed by atoms with Gasteiger partial charge in [-0.05, 0) is 31.2 Å². The number of aromatic amines is 1. The van der Waals surface area contributed by atoms with Crippen LogP contribution in [-0.2, 0) is 4.74 Å². The Morgan fingerprint density at radius 2 is 1.74 bits per heavy atom. The van der Waals surface area contributed by atoms with Crippen molar-refractivity contribution in [3.05, 3.63) is 66.5 Å². The Hall–Kier alpha value is -3.71. The molecule has 0 radical (unpaired) electrons. The third kappa shape index (κ3) is 3.05. The molecule has 1 N–H and O–H groups in total. The molecule has 1 aliphatic rings. The van der Waals surface area contributed by atoms with Crippen molar-refractivity contribution in [1.29, 1.82) is 0 Å². The number of aryl methyl sites for hydroxylation is 1. The summed E-state index contributed by atoms with van der Waals surface area (Å²) in [5, 5.41) is 2.27. The largest absolute Gasteiger partial charge is 0.378 e. The molecule has 6 rings (SSSR count). The van der Waals surface area contributed by atoms with Gasteiger partial charge in [-0.3, -0.25) is 4.57 Å². The molecule has 0 saturated carbocycles. The number of hydrogen-bond donors (Lipinski definition) is 1. The zero-order chi connectivity index (χ0) is 20.8. The van der Waals surface area contributed by atoms with Gasteiger partial charge in [0.2, 0.25) is 11.9 Å². The van der Waals surface area contributed by atoms with Crippen molar-refractivity contribution >= 4 is 27.8 Å². The summed E-state index contributed by atoms with van der Waals surface area (Å²) in [5.41, 5.74) is 4.23. The molecule has 31 heavy (non-hydrogen) atoms. The number of fused-ring (bicyclic) bond motifs is 2. The van der Waals surface area contributed by atoms with E-state index in [1.54, 1.807) is 0 Å². The van der Waals surface area contributed by atoms with Crippen LogP contribution in [0.3, 0.4) is 0 Å². The Morgan fingerprint density at radius 3 is 2.65 bits per heavy atom. The second-order valence-electron chi connectivity index (χ2n) is 7.78. The van der Waals surface area contributed by atoms with Gasteiger partial charge in [0.05, 0.1) is 18.7 Å². The lowest BCUT2D eigenvalue weighted by atomic mass is 10.1. The van der Waals surface area contributed by atoms with Gasteiger partial charge in [-0.25, -0.2) is 0 Å². The van der Waals surface area contributed by atoms with E-state index in [-0.39, 0.29) is 0 Å². The topological polar surface area (TPSA) is 71.9 Å². The maximum absolute atomic E-state index is 5.54. The molecule has 1 fully saturated rings. The van der Waals surface area contributed by atoms with Gasteiger partial charge in [-0.1, -0.05) is 30.3 Å². The second-order valence-corrected chi connectivity index (χ2v) is 7.78. The third-order valence-electron chi connectivity index (χ3n) is 5.84. The number of para-hydroxylation sites is 1. The van der Waals surface area contributed by atoms with Crippen LogP contribution in [-0.4, -0.2) is 50.8 Å². The molecule has 5 aromatic rings. The van der Waals surface area contributed by atoms with Gasteiger partial charge in [0.1, 0.15) is 0 Å². The van der Waals surface area contributed by atoms with Gasteiger partial charge in [0, 0.05) is 46.8 Å². The first-order valence-electron chi connectivity index (χ1n) is 10.5. The first kappa shape index (κ1) is 18.1. The molecule has 7 heteroatoms. The van der Waals surface area contributed by atoms with E-state index in [4.69, 9.17) is 19.7 Å². The number of rotatable bonds is 3. The quantitative estimate of drug-likeness (QED) is 0.485. The minimum atomic E-state index is 0.637. The van der Waals surface area contributed by atoms with Crippen LogP contribution in [0.1, 0.15) is 5.69 Å². The van der Waals surface area contributed by atoms with Gasteiger partial charge in [0.15, 0.2) is 5.82 Å². The summed E-state index contributed by atoms with van der Waals surface area (Å²) in [4.78, 5) is 20.2. The fourth-order valence-electron chi connectivity index (χ4n) is 4.32. The molecule has 1 saturated heterocycles. The number of hydrogen-bond acceptors (Lipinski definition) is 5. The summed E-state index contributed by atoms with van der Waals surface area (Å²) >= 11 is 0. The fourth-order valence-corrected chi connectivity index (χ4v) is 4.32. The lowest BCUT2D eigenvalue weighted by molar-refractivity contribution is 0.122. The van der Waals surface area contributed by atoms with Crippen molar-refractivity contribution < 1.29 is 4.74 Å². The smallest absolute Gasteiger partial charge is 0.239 e. The summed E-state index contributed by atoms with van der Waals surface area (Å²) in [6, 6.07) is 18.7. The predicted molar refractivity (Wildman–Crippen MR) is 122 cm³/mol. The molecule has 0 atom stereocenters. The van der Waals surface area contributed by atoms with Crippen molar-refractivity contribution in [2.45, 2.75) is 6.92 Å². The minimum Gasteiger partial charge on any atom is -0.378 e. The highest BCUT2D eigenvalue weighted by Crippen LogP contribution is 2.29. The summed E-state index contributed by atoms with van der Waals surface area (Å²) in [5.74, 6) is 2.00. The van der Waals surface area contributed by atoms with Gasteiger partial charge in [-0.15, -0.1) is 0 Å². The van der Waals surface area contributed by atoms with Crippen LogP contribution < -0.4 is 4.90 Å². The number of nitrogens with one attached hydrogen (secondary N) is 1. The molecule has 0 unspecified atom stereocenters. The molecular weight excluding hydrogens is 388 g/mol. The number of ether oxygens (including phenoxy) is 1. The predicted octanol–water partition coefficient (Wildman–Crippen LogP) is 4.11. The lowest BCUT2D eigenvalue weighted by Crippen LogP contribution is -2.37. The van der Waals surface area contributed by atoms with Crippen molar-refractivity contribution in [2.75, 3.05) is 31.2 Å². The van der Waals surface area contributed by atoms with Gasteiger partial charge in [-0.2, -0.15) is 15.0 Å². The molecule has 0 spiro atoms. The van der Waals surface area contributed by atoms with E-state index in [0.29, 0.717) is 30.9 Å². The molecule has 154 valence electrons. The first-order chi connectivity index (χ1) is 15.3. The molecule has 0 bridgehead atoms. The van der Waals surface area contributed by atoms with Gasteiger partial charge < -0.3 is 14.6 Å². The van der Waals surface area contributed by atoms with E-state index in [9.17, 15) is 0 Å². The standard InChI is InChI=1S/C24H22N6O/c1-16-15-17-5-2-3-8-21(17)30(16)24-27-22(19-6-4-7-20-18(19)9-10-25-20)26-23(28-24)29-11-13-31-14-12-29/h2-10,15,25H,11-14H2,1H3. The number of anilines is 1. The molecule has 4 heterocycles. The monoisotopic (exact) mass is 410 g/mol. The minimum absolute atomic E-state index is 0.637. The summed E-state index contributed by atoms with van der Waals surface area (Å²) in [6.45, 7) is 4.97. The highest BCUT2D eigenvalue weighted by molar-refractivity contribution is 5.93. The lowest BCUT2D eigenvalue weighted by Gasteiger charge is -2.27. The zero-order valence-electron chi connectivity index (χ0n) is 17.2. The van der Waals surface area contributed by atoms with Crippen molar-refractivity contribution in [2.24, 2.45) is 0 Å².